The molecule has 2 aromatic rings. The second-order valence-electron chi connectivity index (χ2n) is 2.98. The third-order valence-electron chi connectivity index (χ3n) is 1.91. The number of hydrogen-bond acceptors (Lipinski definition) is 2. The van der Waals surface area contributed by atoms with Gasteiger partial charge in [0, 0.05) is 5.39 Å². The van der Waals surface area contributed by atoms with Crippen LogP contribution in [0.5, 0.6) is 0 Å². The van der Waals surface area contributed by atoms with Crippen molar-refractivity contribution in [3.05, 3.63) is 36.1 Å². The number of carbonyl (C=O) groups excluding carboxylic acids is 1. The van der Waals surface area contributed by atoms with E-state index in [4.69, 9.17) is 4.42 Å². The molecule has 0 aliphatic rings. The van der Waals surface area contributed by atoms with E-state index in [0.29, 0.717) is 11.0 Å². The molecule has 0 unspecified atom stereocenters. The molecule has 0 aliphatic heterocycles. The van der Waals surface area contributed by atoms with Gasteiger partial charge < -0.3 is 4.42 Å². The van der Waals surface area contributed by atoms with E-state index < -0.39 is 16.9 Å². The summed E-state index contributed by atoms with van der Waals surface area (Å²) in [6, 6.07) is 7.87. The molecular formula is C10H5ClF2O2. The Morgan fingerprint density at radius 1 is 1.33 bits per heavy atom. The van der Waals surface area contributed by atoms with E-state index in [0.717, 1.165) is 0 Å². The van der Waals surface area contributed by atoms with Gasteiger partial charge in [0.2, 0.25) is 0 Å². The fourth-order valence-corrected chi connectivity index (χ4v) is 1.33. The van der Waals surface area contributed by atoms with Crippen LogP contribution in [0.25, 0.3) is 11.0 Å². The van der Waals surface area contributed by atoms with Crippen LogP contribution in [0.4, 0.5) is 8.78 Å². The van der Waals surface area contributed by atoms with E-state index in [-0.39, 0.29) is 0 Å². The Morgan fingerprint density at radius 2 is 2.00 bits per heavy atom. The van der Waals surface area contributed by atoms with Crippen molar-refractivity contribution in [3.8, 4) is 0 Å². The van der Waals surface area contributed by atoms with Crippen molar-refractivity contribution in [2.45, 2.75) is 5.38 Å². The van der Waals surface area contributed by atoms with Crippen molar-refractivity contribution in [3.63, 3.8) is 0 Å². The van der Waals surface area contributed by atoms with Crippen molar-refractivity contribution >= 4 is 28.4 Å². The summed E-state index contributed by atoms with van der Waals surface area (Å²) in [5.41, 5.74) is 0.377. The summed E-state index contributed by atoms with van der Waals surface area (Å²) in [5.74, 6) is -1.96. The zero-order valence-electron chi connectivity index (χ0n) is 7.34. The fourth-order valence-electron chi connectivity index (χ4n) is 1.23. The highest BCUT2D eigenvalue weighted by Gasteiger charge is 2.38. The number of alkyl halides is 3. The molecule has 0 saturated heterocycles. The SMILES string of the molecule is O=C(c1cc2ccccc2o1)C(F)(F)Cl. The molecule has 0 atom stereocenters. The zero-order chi connectivity index (χ0) is 11.1. The Labute approximate surface area is 88.4 Å². The number of Topliss-reactive ketones (excluding diaryl/α,β-unsaturated/α-hetero) is 1. The number of halogens is 3. The van der Waals surface area contributed by atoms with Crippen molar-refractivity contribution in [1.29, 1.82) is 0 Å². The smallest absolute Gasteiger partial charge is 0.388 e. The van der Waals surface area contributed by atoms with E-state index in [9.17, 15) is 13.6 Å². The summed E-state index contributed by atoms with van der Waals surface area (Å²) in [7, 11) is 0. The Hall–Kier alpha value is -1.42. The van der Waals surface area contributed by atoms with Gasteiger partial charge in [-0.05, 0) is 23.7 Å². The Morgan fingerprint density at radius 3 is 2.60 bits per heavy atom. The summed E-state index contributed by atoms with van der Waals surface area (Å²) in [5, 5.41) is -3.34. The van der Waals surface area contributed by atoms with Gasteiger partial charge in [-0.1, -0.05) is 18.2 Å². The molecule has 2 nitrogen and oxygen atoms in total. The maximum absolute atomic E-state index is 12.5. The molecular weight excluding hydrogens is 226 g/mol. The van der Waals surface area contributed by atoms with Crippen LogP contribution in [0.3, 0.4) is 0 Å². The van der Waals surface area contributed by atoms with Crippen LogP contribution in [0.1, 0.15) is 10.6 Å². The molecule has 1 heterocycles. The zero-order valence-corrected chi connectivity index (χ0v) is 8.09. The predicted octanol–water partition coefficient (Wildman–Crippen LogP) is 3.45. The average Bonchev–Trinajstić information content (AvgIpc) is 2.58. The highest BCUT2D eigenvalue weighted by molar-refractivity contribution is 6.35. The van der Waals surface area contributed by atoms with E-state index in [1.165, 1.54) is 6.07 Å². The second kappa shape index (κ2) is 3.31. The van der Waals surface area contributed by atoms with Gasteiger partial charge in [-0.3, -0.25) is 4.79 Å². The summed E-state index contributed by atoms with van der Waals surface area (Å²) in [4.78, 5) is 11.1. The lowest BCUT2D eigenvalue weighted by Gasteiger charge is -2.01. The van der Waals surface area contributed by atoms with Crippen molar-refractivity contribution in [1.82, 2.24) is 0 Å². The van der Waals surface area contributed by atoms with E-state index in [1.54, 1.807) is 24.3 Å². The molecule has 0 N–H and O–H groups in total. The number of rotatable bonds is 2. The molecule has 0 fully saturated rings. The van der Waals surface area contributed by atoms with Gasteiger partial charge in [-0.2, -0.15) is 8.78 Å². The monoisotopic (exact) mass is 230 g/mol. The number of benzene rings is 1. The minimum Gasteiger partial charge on any atom is -0.453 e. The van der Waals surface area contributed by atoms with Crippen LogP contribution >= 0.6 is 11.6 Å². The molecule has 2 rings (SSSR count). The lowest BCUT2D eigenvalue weighted by molar-refractivity contribution is 0.0508. The molecule has 1 aromatic heterocycles. The highest BCUT2D eigenvalue weighted by Crippen LogP contribution is 2.27. The number of fused-ring (bicyclic) bond motifs is 1. The van der Waals surface area contributed by atoms with Crippen LogP contribution in [0, 0.1) is 0 Å². The summed E-state index contributed by atoms with van der Waals surface area (Å²) >= 11 is 4.60. The molecule has 1 aromatic carbocycles. The average molecular weight is 231 g/mol. The van der Waals surface area contributed by atoms with Gasteiger partial charge in [0.05, 0.1) is 0 Å². The van der Waals surface area contributed by atoms with Gasteiger partial charge in [-0.15, -0.1) is 0 Å². The second-order valence-corrected chi connectivity index (χ2v) is 3.45. The van der Waals surface area contributed by atoms with Gasteiger partial charge in [-0.25, -0.2) is 0 Å². The largest absolute Gasteiger partial charge is 0.453 e. The maximum atomic E-state index is 12.5. The lowest BCUT2D eigenvalue weighted by Crippen LogP contribution is -2.20. The Balaban J connectivity index is 2.50. The van der Waals surface area contributed by atoms with E-state index >= 15 is 0 Å². The molecule has 0 aliphatic carbocycles. The molecule has 0 radical (unpaired) electrons. The molecule has 0 bridgehead atoms. The number of para-hydroxylation sites is 1. The molecule has 15 heavy (non-hydrogen) atoms. The standard InChI is InChI=1S/C10H5ClF2O2/c11-10(12,13)9(14)8-5-6-3-1-2-4-7(6)15-8/h1-5H. The molecule has 0 spiro atoms. The Bertz CT molecular complexity index is 480. The number of ketones is 1. The van der Waals surface area contributed by atoms with Crippen LogP contribution in [-0.4, -0.2) is 11.2 Å². The van der Waals surface area contributed by atoms with Crippen LogP contribution in [-0.2, 0) is 0 Å². The van der Waals surface area contributed by atoms with Crippen LogP contribution in [0.15, 0.2) is 34.7 Å². The normalized spacial score (nSPS) is 11.9. The van der Waals surface area contributed by atoms with Gasteiger partial charge >= 0.3 is 5.38 Å². The minimum atomic E-state index is -3.92. The number of furan rings is 1. The van der Waals surface area contributed by atoms with Gasteiger partial charge in [0.1, 0.15) is 5.58 Å². The van der Waals surface area contributed by atoms with Crippen molar-refractivity contribution in [2.75, 3.05) is 0 Å². The summed E-state index contributed by atoms with van der Waals surface area (Å²) in [6.45, 7) is 0. The fraction of sp³-hybridized carbons (Fsp3) is 0.100. The third kappa shape index (κ3) is 1.85. The van der Waals surface area contributed by atoms with Crippen LogP contribution < -0.4 is 0 Å². The lowest BCUT2D eigenvalue weighted by atomic mass is 10.2. The Kier molecular flexibility index (Phi) is 2.23. The third-order valence-corrected chi connectivity index (χ3v) is 2.08. The topological polar surface area (TPSA) is 30.2 Å². The van der Waals surface area contributed by atoms with Gasteiger partial charge in [0.25, 0.3) is 5.78 Å². The van der Waals surface area contributed by atoms with Crippen LogP contribution in [0.2, 0.25) is 0 Å². The van der Waals surface area contributed by atoms with Crippen molar-refractivity contribution < 1.29 is 18.0 Å². The highest BCUT2D eigenvalue weighted by atomic mass is 35.5. The first kappa shape index (κ1) is 10.1. The number of carbonyl (C=O) groups is 1. The molecule has 0 saturated carbocycles. The molecule has 78 valence electrons. The molecule has 0 amide bonds. The van der Waals surface area contributed by atoms with E-state index in [1.807, 2.05) is 0 Å². The number of hydrogen-bond donors (Lipinski definition) is 0. The summed E-state index contributed by atoms with van der Waals surface area (Å²) in [6.07, 6.45) is 0. The molecule has 5 heteroatoms. The first-order chi connectivity index (χ1) is 6.98. The van der Waals surface area contributed by atoms with E-state index in [2.05, 4.69) is 11.6 Å². The maximum Gasteiger partial charge on any atom is 0.388 e. The summed E-state index contributed by atoms with van der Waals surface area (Å²) < 4.78 is 29.9. The predicted molar refractivity (Wildman–Crippen MR) is 51.3 cm³/mol. The quantitative estimate of drug-likeness (QED) is 0.584. The first-order valence-electron chi connectivity index (χ1n) is 4.08. The van der Waals surface area contributed by atoms with Gasteiger partial charge in [0.15, 0.2) is 5.76 Å². The first-order valence-corrected chi connectivity index (χ1v) is 4.46. The van der Waals surface area contributed by atoms with Crippen molar-refractivity contribution in [2.24, 2.45) is 0 Å². The minimum absolute atomic E-state index is 0.377.